The first kappa shape index (κ1) is 14.9. The predicted octanol–water partition coefficient (Wildman–Crippen LogP) is 3.89. The van der Waals surface area contributed by atoms with Gasteiger partial charge >= 0.3 is 0 Å². The third-order valence-corrected chi connectivity index (χ3v) is 4.27. The minimum atomic E-state index is 0.0797. The number of rotatable bonds is 6. The van der Waals surface area contributed by atoms with E-state index in [4.69, 9.17) is 16.7 Å². The van der Waals surface area contributed by atoms with Gasteiger partial charge in [0.05, 0.1) is 11.7 Å². The van der Waals surface area contributed by atoms with Crippen LogP contribution >= 0.6 is 11.6 Å². The molecule has 1 saturated carbocycles. The van der Waals surface area contributed by atoms with Crippen LogP contribution in [0.15, 0.2) is 12.3 Å². The predicted molar refractivity (Wildman–Crippen MR) is 80.6 cm³/mol. The Hall–Kier alpha value is -0.540. The monoisotopic (exact) mass is 283 g/mol. The minimum Gasteiger partial charge on any atom is -0.306 e. The largest absolute Gasteiger partial charge is 0.306 e. The summed E-state index contributed by atoms with van der Waals surface area (Å²) in [4.78, 5) is 0. The quantitative estimate of drug-likeness (QED) is 0.803. The van der Waals surface area contributed by atoms with Gasteiger partial charge in [0.25, 0.3) is 0 Å². The Morgan fingerprint density at radius 1 is 1.37 bits per heavy atom. The van der Waals surface area contributed by atoms with E-state index in [2.05, 4.69) is 36.1 Å². The molecule has 3 nitrogen and oxygen atoms in total. The summed E-state index contributed by atoms with van der Waals surface area (Å²) >= 11 is 5.81. The Bertz CT molecular complexity index is 380. The van der Waals surface area contributed by atoms with Crippen LogP contribution in [0, 0.1) is 0 Å². The molecule has 0 saturated heterocycles. The normalized spacial score (nSPS) is 17.8. The number of aromatic nitrogens is 2. The maximum absolute atomic E-state index is 5.81. The Morgan fingerprint density at radius 3 is 2.79 bits per heavy atom. The molecule has 0 aliphatic heterocycles. The van der Waals surface area contributed by atoms with Gasteiger partial charge in [-0.3, -0.25) is 4.68 Å². The van der Waals surface area contributed by atoms with E-state index in [-0.39, 0.29) is 5.54 Å². The van der Waals surface area contributed by atoms with E-state index < -0.39 is 0 Å². The van der Waals surface area contributed by atoms with Crippen LogP contribution in [0.3, 0.4) is 0 Å². The van der Waals surface area contributed by atoms with Crippen molar-refractivity contribution >= 4 is 11.6 Å². The van der Waals surface area contributed by atoms with Crippen molar-refractivity contribution in [1.29, 1.82) is 0 Å². The molecule has 0 spiro atoms. The fourth-order valence-electron chi connectivity index (χ4n) is 2.68. The maximum Gasteiger partial charge on any atom is 0.0762 e. The first-order valence-corrected chi connectivity index (χ1v) is 7.99. The molecule has 1 aromatic rings. The van der Waals surface area contributed by atoms with E-state index in [1.165, 1.54) is 32.1 Å². The molecule has 4 heteroatoms. The van der Waals surface area contributed by atoms with Gasteiger partial charge in [0.1, 0.15) is 0 Å². The third-order valence-electron chi connectivity index (χ3n) is 4.08. The van der Waals surface area contributed by atoms with Crippen LogP contribution in [0.5, 0.6) is 0 Å². The summed E-state index contributed by atoms with van der Waals surface area (Å²) in [5.41, 5.74) is 1.21. The van der Waals surface area contributed by atoms with E-state index in [1.807, 2.05) is 0 Å². The zero-order valence-electron chi connectivity index (χ0n) is 12.2. The van der Waals surface area contributed by atoms with Crippen molar-refractivity contribution < 1.29 is 0 Å². The van der Waals surface area contributed by atoms with E-state index in [0.29, 0.717) is 11.9 Å². The average Bonchev–Trinajstić information content (AvgIpc) is 2.86. The molecular weight excluding hydrogens is 258 g/mol. The second-order valence-corrected chi connectivity index (χ2v) is 6.63. The number of hydrogen-bond donors (Lipinski definition) is 1. The molecule has 1 aliphatic carbocycles. The van der Waals surface area contributed by atoms with Crippen LogP contribution in [-0.2, 0) is 6.54 Å². The van der Waals surface area contributed by atoms with Crippen molar-refractivity contribution in [1.82, 2.24) is 15.1 Å². The van der Waals surface area contributed by atoms with Crippen LogP contribution in [0.4, 0.5) is 0 Å². The number of alkyl halides is 1. The highest BCUT2D eigenvalue weighted by Gasteiger charge is 2.18. The van der Waals surface area contributed by atoms with Gasteiger partial charge in [-0.25, -0.2) is 0 Å². The van der Waals surface area contributed by atoms with E-state index >= 15 is 0 Å². The number of hydrogen-bond acceptors (Lipinski definition) is 2. The van der Waals surface area contributed by atoms with Crippen molar-refractivity contribution in [3.8, 4) is 0 Å². The zero-order chi connectivity index (χ0) is 13.7. The van der Waals surface area contributed by atoms with Crippen LogP contribution in [0.1, 0.15) is 64.1 Å². The molecule has 0 atom stereocenters. The lowest BCUT2D eigenvalue weighted by molar-refractivity contribution is 0.325. The summed E-state index contributed by atoms with van der Waals surface area (Å²) in [6.45, 7) is 5.20. The van der Waals surface area contributed by atoms with Crippen LogP contribution < -0.4 is 5.32 Å². The van der Waals surface area contributed by atoms with Crippen molar-refractivity contribution in [3.05, 3.63) is 18.0 Å². The first-order chi connectivity index (χ1) is 9.11. The van der Waals surface area contributed by atoms with E-state index in [1.54, 1.807) is 0 Å². The van der Waals surface area contributed by atoms with E-state index in [0.717, 1.165) is 18.7 Å². The van der Waals surface area contributed by atoms with Gasteiger partial charge in [-0.05, 0) is 39.2 Å². The molecule has 108 valence electrons. The summed E-state index contributed by atoms with van der Waals surface area (Å²) in [6.07, 6.45) is 9.76. The summed E-state index contributed by atoms with van der Waals surface area (Å²) in [5.74, 6) is 0.691. The fraction of sp³-hybridized carbons (Fsp3) is 0.800. The van der Waals surface area contributed by atoms with E-state index in [9.17, 15) is 0 Å². The molecule has 0 radical (unpaired) electrons. The van der Waals surface area contributed by atoms with Gasteiger partial charge in [-0.1, -0.05) is 19.3 Å². The summed E-state index contributed by atoms with van der Waals surface area (Å²) in [5, 5.41) is 8.25. The Morgan fingerprint density at radius 2 is 2.11 bits per heavy atom. The summed E-state index contributed by atoms with van der Waals surface area (Å²) in [6, 6.07) is 2.76. The van der Waals surface area contributed by atoms with Gasteiger partial charge in [-0.15, -0.1) is 11.6 Å². The van der Waals surface area contributed by atoms with Crippen LogP contribution in [0.25, 0.3) is 0 Å². The second-order valence-electron chi connectivity index (χ2n) is 6.26. The van der Waals surface area contributed by atoms with Gasteiger partial charge in [-0.2, -0.15) is 5.10 Å². The minimum absolute atomic E-state index is 0.0797. The highest BCUT2D eigenvalue weighted by Crippen LogP contribution is 2.27. The Balaban J connectivity index is 1.86. The van der Waals surface area contributed by atoms with Gasteiger partial charge in [0, 0.05) is 24.2 Å². The molecule has 0 unspecified atom stereocenters. The summed E-state index contributed by atoms with van der Waals surface area (Å²) in [7, 11) is 0. The lowest BCUT2D eigenvalue weighted by Crippen LogP contribution is -2.39. The molecule has 0 aromatic carbocycles. The standard InChI is InChI=1S/C15H26ClN3/c1-15(2,9-10-16)17-12-13-8-11-19(18-13)14-6-4-3-5-7-14/h8,11,14,17H,3-7,9-10,12H2,1-2H3. The molecule has 2 rings (SSSR count). The molecule has 1 fully saturated rings. The van der Waals surface area contributed by atoms with Gasteiger partial charge in [0.2, 0.25) is 0 Å². The number of nitrogens with zero attached hydrogens (tertiary/aromatic N) is 2. The summed E-state index contributed by atoms with van der Waals surface area (Å²) < 4.78 is 2.17. The lowest BCUT2D eigenvalue weighted by Gasteiger charge is -2.25. The molecule has 0 bridgehead atoms. The third kappa shape index (κ3) is 4.50. The molecular formula is C15H26ClN3. The van der Waals surface area contributed by atoms with Gasteiger partial charge in [0.15, 0.2) is 0 Å². The fourth-order valence-corrected chi connectivity index (χ4v) is 3.15. The number of halogens is 1. The average molecular weight is 284 g/mol. The van der Waals surface area contributed by atoms with Crippen molar-refractivity contribution in [3.63, 3.8) is 0 Å². The van der Waals surface area contributed by atoms with Crippen molar-refractivity contribution in [2.45, 2.75) is 70.5 Å². The Kier molecular flexibility index (Phi) is 5.28. The smallest absolute Gasteiger partial charge is 0.0762 e. The molecule has 1 N–H and O–H groups in total. The van der Waals surface area contributed by atoms with Crippen molar-refractivity contribution in [2.75, 3.05) is 5.88 Å². The van der Waals surface area contributed by atoms with Crippen LogP contribution in [-0.4, -0.2) is 21.2 Å². The topological polar surface area (TPSA) is 29.9 Å². The molecule has 1 aromatic heterocycles. The van der Waals surface area contributed by atoms with Crippen molar-refractivity contribution in [2.24, 2.45) is 0 Å². The molecule has 1 aliphatic rings. The maximum atomic E-state index is 5.81. The highest BCUT2D eigenvalue weighted by molar-refractivity contribution is 6.17. The first-order valence-electron chi connectivity index (χ1n) is 7.46. The zero-order valence-corrected chi connectivity index (χ0v) is 12.9. The molecule has 0 amide bonds. The SMILES string of the molecule is CC(C)(CCCl)NCc1ccn(C2CCCCC2)n1. The lowest BCUT2D eigenvalue weighted by atomic mass is 9.96. The highest BCUT2D eigenvalue weighted by atomic mass is 35.5. The van der Waals surface area contributed by atoms with Crippen LogP contribution in [0.2, 0.25) is 0 Å². The molecule has 19 heavy (non-hydrogen) atoms. The Labute approximate surface area is 121 Å². The van der Waals surface area contributed by atoms with Gasteiger partial charge < -0.3 is 5.32 Å². The number of nitrogens with one attached hydrogen (secondary N) is 1. The second kappa shape index (κ2) is 6.76. The molecule has 1 heterocycles.